The zero-order chi connectivity index (χ0) is 17.9. The number of nitrogens with zero attached hydrogens (tertiary/aromatic N) is 4. The summed E-state index contributed by atoms with van der Waals surface area (Å²) in [7, 11) is 0. The van der Waals surface area contributed by atoms with Gasteiger partial charge in [0.2, 0.25) is 11.8 Å². The second-order valence-corrected chi connectivity index (χ2v) is 6.32. The monoisotopic (exact) mass is 340 g/mol. The lowest BCUT2D eigenvalue weighted by molar-refractivity contribution is -0.139. The van der Waals surface area contributed by atoms with Crippen molar-refractivity contribution in [1.29, 1.82) is 0 Å². The first kappa shape index (κ1) is 20.9. The Morgan fingerprint density at radius 3 is 1.21 bits per heavy atom. The first-order valence-electron chi connectivity index (χ1n) is 9.55. The smallest absolute Gasteiger partial charge is 0.223 e. The van der Waals surface area contributed by atoms with E-state index in [0.717, 1.165) is 39.3 Å². The van der Waals surface area contributed by atoms with Crippen molar-refractivity contribution >= 4 is 11.8 Å². The minimum absolute atomic E-state index is 0.220. The minimum atomic E-state index is 0.220. The lowest BCUT2D eigenvalue weighted by atomic mass is 10.2. The third-order valence-electron chi connectivity index (χ3n) is 5.06. The highest BCUT2D eigenvalue weighted by Gasteiger charge is 2.24. The summed E-state index contributed by atoms with van der Waals surface area (Å²) < 4.78 is 0. The van der Waals surface area contributed by atoms with Crippen LogP contribution in [0, 0.1) is 0 Å². The van der Waals surface area contributed by atoms with Gasteiger partial charge in [0.1, 0.15) is 0 Å². The molecule has 0 radical (unpaired) electrons. The SMILES string of the molecule is CCN(CC)CCC(=O)N1CCN(C(=O)CCN(CC)CC)CC1. The van der Waals surface area contributed by atoms with Crippen LogP contribution in [0.5, 0.6) is 0 Å². The lowest BCUT2D eigenvalue weighted by Gasteiger charge is -2.35. The van der Waals surface area contributed by atoms with Crippen LogP contribution in [0.3, 0.4) is 0 Å². The molecule has 140 valence electrons. The van der Waals surface area contributed by atoms with E-state index in [9.17, 15) is 9.59 Å². The van der Waals surface area contributed by atoms with Crippen molar-refractivity contribution in [3.8, 4) is 0 Å². The summed E-state index contributed by atoms with van der Waals surface area (Å²) in [5, 5.41) is 0. The predicted molar refractivity (Wildman–Crippen MR) is 98.0 cm³/mol. The highest BCUT2D eigenvalue weighted by molar-refractivity contribution is 5.78. The summed E-state index contributed by atoms with van der Waals surface area (Å²) >= 11 is 0. The van der Waals surface area contributed by atoms with Crippen LogP contribution in [0.1, 0.15) is 40.5 Å². The molecule has 0 N–H and O–H groups in total. The second-order valence-electron chi connectivity index (χ2n) is 6.32. The predicted octanol–water partition coefficient (Wildman–Crippen LogP) is 1.12. The molecule has 0 aliphatic carbocycles. The summed E-state index contributed by atoms with van der Waals surface area (Å²) in [6, 6.07) is 0. The highest BCUT2D eigenvalue weighted by Crippen LogP contribution is 2.07. The lowest BCUT2D eigenvalue weighted by Crippen LogP contribution is -2.51. The molecule has 1 fully saturated rings. The van der Waals surface area contributed by atoms with E-state index in [1.807, 2.05) is 9.80 Å². The van der Waals surface area contributed by atoms with Crippen LogP contribution >= 0.6 is 0 Å². The molecular weight excluding hydrogens is 304 g/mol. The van der Waals surface area contributed by atoms with Gasteiger partial charge in [0.25, 0.3) is 0 Å². The standard InChI is InChI=1S/C18H36N4O2/c1-5-19(6-2)11-9-17(23)21-13-15-22(16-14-21)18(24)10-12-20(7-3)8-4/h5-16H2,1-4H3. The highest BCUT2D eigenvalue weighted by atomic mass is 16.2. The second kappa shape index (κ2) is 11.4. The third kappa shape index (κ3) is 6.77. The van der Waals surface area contributed by atoms with Crippen molar-refractivity contribution in [2.75, 3.05) is 65.4 Å². The Labute approximate surface area is 147 Å². The average molecular weight is 341 g/mol. The van der Waals surface area contributed by atoms with Gasteiger partial charge in [0, 0.05) is 52.1 Å². The number of carbonyl (C=O) groups excluding carboxylic acids is 2. The van der Waals surface area contributed by atoms with Gasteiger partial charge in [-0.15, -0.1) is 0 Å². The van der Waals surface area contributed by atoms with E-state index in [1.54, 1.807) is 0 Å². The maximum Gasteiger partial charge on any atom is 0.223 e. The van der Waals surface area contributed by atoms with Crippen LogP contribution < -0.4 is 0 Å². The topological polar surface area (TPSA) is 47.1 Å². The van der Waals surface area contributed by atoms with Gasteiger partial charge in [-0.25, -0.2) is 0 Å². The summed E-state index contributed by atoms with van der Waals surface area (Å²) in [4.78, 5) is 33.0. The summed E-state index contributed by atoms with van der Waals surface area (Å²) in [6.07, 6.45) is 1.16. The van der Waals surface area contributed by atoms with Crippen LogP contribution in [0.4, 0.5) is 0 Å². The van der Waals surface area contributed by atoms with Crippen LogP contribution in [-0.4, -0.2) is 96.9 Å². The van der Waals surface area contributed by atoms with Gasteiger partial charge in [0.15, 0.2) is 0 Å². The molecule has 1 aliphatic rings. The van der Waals surface area contributed by atoms with Gasteiger partial charge in [0.05, 0.1) is 0 Å². The Balaban J connectivity index is 2.30. The number of hydrogen-bond acceptors (Lipinski definition) is 4. The Bertz CT molecular complexity index is 337. The van der Waals surface area contributed by atoms with Crippen LogP contribution in [0.15, 0.2) is 0 Å². The number of hydrogen-bond donors (Lipinski definition) is 0. The van der Waals surface area contributed by atoms with E-state index in [0.29, 0.717) is 39.0 Å². The molecule has 0 aromatic rings. The van der Waals surface area contributed by atoms with Crippen molar-refractivity contribution in [3.63, 3.8) is 0 Å². The fraction of sp³-hybridized carbons (Fsp3) is 0.889. The Kier molecular flexibility index (Phi) is 9.95. The molecule has 6 nitrogen and oxygen atoms in total. The molecule has 0 aromatic carbocycles. The molecule has 0 unspecified atom stereocenters. The molecular formula is C18H36N4O2. The van der Waals surface area contributed by atoms with Crippen LogP contribution in [-0.2, 0) is 9.59 Å². The van der Waals surface area contributed by atoms with Crippen molar-refractivity contribution in [1.82, 2.24) is 19.6 Å². The van der Waals surface area contributed by atoms with E-state index >= 15 is 0 Å². The zero-order valence-corrected chi connectivity index (χ0v) is 16.1. The summed E-state index contributed by atoms with van der Waals surface area (Å²) in [6.45, 7) is 16.8. The normalized spacial score (nSPS) is 15.4. The molecule has 0 saturated carbocycles. The van der Waals surface area contributed by atoms with Crippen LogP contribution in [0.25, 0.3) is 0 Å². The van der Waals surface area contributed by atoms with E-state index in [-0.39, 0.29) is 11.8 Å². The molecule has 1 aliphatic heterocycles. The number of piperazine rings is 1. The molecule has 6 heteroatoms. The molecule has 0 bridgehead atoms. The van der Waals surface area contributed by atoms with Crippen molar-refractivity contribution in [2.45, 2.75) is 40.5 Å². The van der Waals surface area contributed by atoms with Gasteiger partial charge in [-0.3, -0.25) is 9.59 Å². The van der Waals surface area contributed by atoms with E-state index < -0.39 is 0 Å². The van der Waals surface area contributed by atoms with Crippen LogP contribution in [0.2, 0.25) is 0 Å². The molecule has 1 heterocycles. The number of rotatable bonds is 10. The van der Waals surface area contributed by atoms with Gasteiger partial charge >= 0.3 is 0 Å². The van der Waals surface area contributed by atoms with Gasteiger partial charge < -0.3 is 19.6 Å². The molecule has 1 saturated heterocycles. The fourth-order valence-corrected chi connectivity index (χ4v) is 3.11. The number of amides is 2. The van der Waals surface area contributed by atoms with Crippen molar-refractivity contribution in [2.24, 2.45) is 0 Å². The maximum atomic E-state index is 12.3. The summed E-state index contributed by atoms with van der Waals surface area (Å²) in [5.41, 5.74) is 0. The Morgan fingerprint density at radius 2 is 0.958 bits per heavy atom. The first-order valence-corrected chi connectivity index (χ1v) is 9.55. The van der Waals surface area contributed by atoms with Crippen molar-refractivity contribution < 1.29 is 9.59 Å². The fourth-order valence-electron chi connectivity index (χ4n) is 3.11. The largest absolute Gasteiger partial charge is 0.339 e. The molecule has 0 aromatic heterocycles. The zero-order valence-electron chi connectivity index (χ0n) is 16.1. The third-order valence-corrected chi connectivity index (χ3v) is 5.06. The molecule has 1 rings (SSSR count). The quantitative estimate of drug-likeness (QED) is 0.598. The van der Waals surface area contributed by atoms with Gasteiger partial charge in [-0.1, -0.05) is 27.7 Å². The van der Waals surface area contributed by atoms with Gasteiger partial charge in [-0.05, 0) is 26.2 Å². The molecule has 0 spiro atoms. The Hall–Kier alpha value is -1.14. The molecule has 24 heavy (non-hydrogen) atoms. The van der Waals surface area contributed by atoms with E-state index in [1.165, 1.54) is 0 Å². The molecule has 2 amide bonds. The Morgan fingerprint density at radius 1 is 0.667 bits per heavy atom. The molecule has 0 atom stereocenters. The minimum Gasteiger partial charge on any atom is -0.339 e. The summed E-state index contributed by atoms with van der Waals surface area (Å²) in [5.74, 6) is 0.439. The average Bonchev–Trinajstić information content (AvgIpc) is 2.63. The van der Waals surface area contributed by atoms with Crippen molar-refractivity contribution in [3.05, 3.63) is 0 Å². The first-order chi connectivity index (χ1) is 11.5. The van der Waals surface area contributed by atoms with E-state index in [2.05, 4.69) is 37.5 Å². The maximum absolute atomic E-state index is 12.3. The van der Waals surface area contributed by atoms with E-state index in [4.69, 9.17) is 0 Å². The number of carbonyl (C=O) groups is 2. The van der Waals surface area contributed by atoms with Gasteiger partial charge in [-0.2, -0.15) is 0 Å².